The lowest BCUT2D eigenvalue weighted by Crippen LogP contribution is -1.96. The second-order valence-electron chi connectivity index (χ2n) is 4.96. The fourth-order valence-corrected chi connectivity index (χ4v) is 1.90. The second-order valence-corrected chi connectivity index (χ2v) is 4.96. The number of hydrogen-bond donors (Lipinski definition) is 0. The van der Waals surface area contributed by atoms with Crippen LogP contribution in [-0.4, -0.2) is 11.6 Å². The van der Waals surface area contributed by atoms with Gasteiger partial charge < -0.3 is 9.15 Å². The number of hydrogen-bond acceptors (Lipinski definition) is 3. The van der Waals surface area contributed by atoms with Crippen LogP contribution in [0.15, 0.2) is 34.5 Å². The third-order valence-corrected chi connectivity index (χ3v) is 3.03. The van der Waals surface area contributed by atoms with E-state index in [2.05, 4.69) is 11.9 Å². The molecule has 0 aliphatic rings. The molecule has 0 radical (unpaired) electrons. The number of aryl methyl sites for hydroxylation is 1. The molecule has 0 saturated carbocycles. The highest BCUT2D eigenvalue weighted by Crippen LogP contribution is 2.19. The lowest BCUT2D eigenvalue weighted by molar-refractivity contribution is 0.142. The molecule has 0 amide bonds. The maximum absolute atomic E-state index is 12.2. The Hall–Kier alpha value is -1.68. The van der Waals surface area contributed by atoms with Crippen LogP contribution in [0.3, 0.4) is 0 Å². The number of benzene rings is 1. The van der Waals surface area contributed by atoms with Gasteiger partial charge in [0, 0.05) is 6.42 Å². The van der Waals surface area contributed by atoms with Crippen LogP contribution in [0.5, 0.6) is 0 Å². The van der Waals surface area contributed by atoms with Gasteiger partial charge in [-0.1, -0.05) is 19.4 Å². The van der Waals surface area contributed by atoms with Crippen LogP contribution >= 0.6 is 0 Å². The van der Waals surface area contributed by atoms with E-state index in [-0.39, 0.29) is 0 Å². The van der Waals surface area contributed by atoms with E-state index in [1.807, 2.05) is 18.2 Å². The van der Waals surface area contributed by atoms with Crippen LogP contribution in [-0.2, 0) is 17.8 Å². The average Bonchev–Trinajstić information content (AvgIpc) is 2.86. The van der Waals surface area contributed by atoms with Gasteiger partial charge in [-0.15, -0.1) is 0 Å². The Bertz CT molecular complexity index is 589. The van der Waals surface area contributed by atoms with Gasteiger partial charge in [0.25, 0.3) is 0 Å². The summed E-state index contributed by atoms with van der Waals surface area (Å²) in [6.45, 7) is 4.57. The molecule has 0 spiro atoms. The van der Waals surface area contributed by atoms with Crippen molar-refractivity contribution in [1.29, 1.82) is 0 Å². The number of aromatic nitrogens is 1. The molecule has 0 aliphatic heterocycles. The van der Waals surface area contributed by atoms with Crippen molar-refractivity contribution in [3.63, 3.8) is 0 Å². The summed E-state index contributed by atoms with van der Waals surface area (Å²) < 4.78 is 23.3. The molecule has 3 nitrogen and oxygen atoms in total. The number of rotatable bonds is 7. The molecule has 1 aromatic carbocycles. The molecule has 20 heavy (non-hydrogen) atoms. The Morgan fingerprint density at radius 1 is 1.45 bits per heavy atom. The first kappa shape index (κ1) is 14.7. The van der Waals surface area contributed by atoms with E-state index in [1.54, 1.807) is 6.92 Å². The molecular weight excluding hydrogens is 257 g/mol. The average molecular weight is 277 g/mol. The molecule has 0 atom stereocenters. The van der Waals surface area contributed by atoms with Crippen molar-refractivity contribution >= 4 is 11.1 Å². The number of fused-ring (bicyclic) bond motifs is 1. The lowest BCUT2D eigenvalue weighted by atomic mass is 10.2. The van der Waals surface area contributed by atoms with Gasteiger partial charge in [0.2, 0.25) is 0 Å². The van der Waals surface area contributed by atoms with E-state index in [0.29, 0.717) is 25.1 Å². The highest BCUT2D eigenvalue weighted by Gasteiger charge is 2.06. The highest BCUT2D eigenvalue weighted by atomic mass is 19.1. The van der Waals surface area contributed by atoms with Gasteiger partial charge in [0.05, 0.1) is 19.5 Å². The molecule has 1 heterocycles. The number of oxazole rings is 1. The summed E-state index contributed by atoms with van der Waals surface area (Å²) >= 11 is 0. The van der Waals surface area contributed by atoms with E-state index in [1.165, 1.54) is 0 Å². The summed E-state index contributed by atoms with van der Waals surface area (Å²) in [5.41, 5.74) is 3.24. The second kappa shape index (κ2) is 7.20. The SMILES string of the molecule is CCCCc1nc2ccc(COC/C(C)=C/F)cc2o1. The van der Waals surface area contributed by atoms with Crippen molar-refractivity contribution in [3.05, 3.63) is 41.6 Å². The van der Waals surface area contributed by atoms with Gasteiger partial charge in [-0.25, -0.2) is 9.37 Å². The van der Waals surface area contributed by atoms with Crippen LogP contribution in [0.25, 0.3) is 11.1 Å². The Kier molecular flexibility index (Phi) is 5.30. The minimum absolute atomic E-state index is 0.298. The smallest absolute Gasteiger partial charge is 0.195 e. The molecule has 108 valence electrons. The normalized spacial score (nSPS) is 12.2. The molecule has 0 N–H and O–H groups in total. The maximum atomic E-state index is 12.2. The molecule has 1 aromatic heterocycles. The Morgan fingerprint density at radius 3 is 3.05 bits per heavy atom. The zero-order chi connectivity index (χ0) is 14.4. The number of ether oxygens (including phenoxy) is 1. The fourth-order valence-electron chi connectivity index (χ4n) is 1.90. The molecule has 2 aromatic rings. The summed E-state index contributed by atoms with van der Waals surface area (Å²) in [4.78, 5) is 4.45. The van der Waals surface area contributed by atoms with Crippen molar-refractivity contribution in [2.24, 2.45) is 0 Å². The van der Waals surface area contributed by atoms with E-state index >= 15 is 0 Å². The van der Waals surface area contributed by atoms with E-state index in [4.69, 9.17) is 9.15 Å². The lowest BCUT2D eigenvalue weighted by Gasteiger charge is -2.03. The van der Waals surface area contributed by atoms with Crippen LogP contribution in [0, 0.1) is 0 Å². The third kappa shape index (κ3) is 3.90. The first-order valence-corrected chi connectivity index (χ1v) is 6.95. The number of unbranched alkanes of at least 4 members (excludes halogenated alkanes) is 1. The van der Waals surface area contributed by atoms with Crippen LogP contribution in [0.4, 0.5) is 4.39 Å². The fraction of sp³-hybridized carbons (Fsp3) is 0.438. The standard InChI is InChI=1S/C16H20FNO2/c1-3-4-5-16-18-14-7-6-13(8-15(14)20-16)11-19-10-12(2)9-17/h6-9H,3-5,10-11H2,1-2H3/b12-9+. The zero-order valence-electron chi connectivity index (χ0n) is 12.0. The minimum Gasteiger partial charge on any atom is -0.441 e. The third-order valence-electron chi connectivity index (χ3n) is 3.03. The molecule has 2 rings (SSSR count). The van der Waals surface area contributed by atoms with Gasteiger partial charge in [0.1, 0.15) is 5.52 Å². The number of halogens is 1. The Balaban J connectivity index is 2.01. The summed E-state index contributed by atoms with van der Waals surface area (Å²) in [5, 5.41) is 0. The summed E-state index contributed by atoms with van der Waals surface area (Å²) in [6.07, 6.45) is 3.65. The predicted octanol–water partition coefficient (Wildman–Crippen LogP) is 4.56. The first-order chi connectivity index (χ1) is 9.72. The van der Waals surface area contributed by atoms with Crippen molar-refractivity contribution in [3.8, 4) is 0 Å². The summed E-state index contributed by atoms with van der Waals surface area (Å²) in [7, 11) is 0. The van der Waals surface area contributed by atoms with Crippen LogP contribution < -0.4 is 0 Å². The van der Waals surface area contributed by atoms with Gasteiger partial charge in [0.15, 0.2) is 11.5 Å². The molecule has 0 bridgehead atoms. The van der Waals surface area contributed by atoms with Gasteiger partial charge in [-0.2, -0.15) is 0 Å². The first-order valence-electron chi connectivity index (χ1n) is 6.95. The maximum Gasteiger partial charge on any atom is 0.195 e. The quantitative estimate of drug-likeness (QED) is 0.744. The highest BCUT2D eigenvalue weighted by molar-refractivity contribution is 5.73. The summed E-state index contributed by atoms with van der Waals surface area (Å²) in [5.74, 6) is 0.788. The van der Waals surface area contributed by atoms with E-state index < -0.39 is 0 Å². The minimum atomic E-state index is 0.298. The van der Waals surface area contributed by atoms with Crippen molar-refractivity contribution in [2.45, 2.75) is 39.7 Å². The Morgan fingerprint density at radius 2 is 2.30 bits per heavy atom. The van der Waals surface area contributed by atoms with Crippen molar-refractivity contribution < 1.29 is 13.5 Å². The largest absolute Gasteiger partial charge is 0.441 e. The monoisotopic (exact) mass is 277 g/mol. The molecule has 0 saturated heterocycles. The predicted molar refractivity (Wildman–Crippen MR) is 77.1 cm³/mol. The van der Waals surface area contributed by atoms with Crippen LogP contribution in [0.2, 0.25) is 0 Å². The summed E-state index contributed by atoms with van der Waals surface area (Å²) in [6, 6.07) is 5.83. The molecule has 4 heteroatoms. The number of nitrogens with zero attached hydrogens (tertiary/aromatic N) is 1. The van der Waals surface area contributed by atoms with Gasteiger partial charge >= 0.3 is 0 Å². The molecule has 0 unspecified atom stereocenters. The molecular formula is C16H20FNO2. The molecule has 0 aliphatic carbocycles. The Labute approximate surface area is 118 Å². The van der Waals surface area contributed by atoms with Crippen molar-refractivity contribution in [2.75, 3.05) is 6.61 Å². The van der Waals surface area contributed by atoms with Crippen molar-refractivity contribution in [1.82, 2.24) is 4.98 Å². The van der Waals surface area contributed by atoms with Gasteiger partial charge in [-0.3, -0.25) is 0 Å². The van der Waals surface area contributed by atoms with Gasteiger partial charge in [-0.05, 0) is 36.6 Å². The van der Waals surface area contributed by atoms with Crippen LogP contribution in [0.1, 0.15) is 38.1 Å². The van der Waals surface area contributed by atoms with E-state index in [9.17, 15) is 4.39 Å². The molecule has 0 fully saturated rings. The van der Waals surface area contributed by atoms with E-state index in [0.717, 1.165) is 41.8 Å². The zero-order valence-corrected chi connectivity index (χ0v) is 12.0. The topological polar surface area (TPSA) is 35.3 Å².